The molecule has 1 N–H and O–H groups in total. The molecule has 0 aromatic rings. The van der Waals surface area contributed by atoms with Crippen LogP contribution in [0.5, 0.6) is 0 Å². The Bertz CT molecular complexity index is 340. The molecule has 108 valence electrons. The zero-order valence-corrected chi connectivity index (χ0v) is 12.4. The van der Waals surface area contributed by atoms with Crippen molar-refractivity contribution in [3.63, 3.8) is 0 Å². The molecule has 1 heterocycles. The maximum atomic E-state index is 11.3. The number of sulfone groups is 1. The first-order valence-electron chi connectivity index (χ1n) is 6.51. The van der Waals surface area contributed by atoms with Gasteiger partial charge >= 0.3 is 0 Å². The third kappa shape index (κ3) is 6.13. The number of hydrogen-bond acceptors (Lipinski definition) is 5. The van der Waals surface area contributed by atoms with Crippen molar-refractivity contribution in [2.75, 3.05) is 37.8 Å². The first-order chi connectivity index (χ1) is 8.35. The fraction of sp³-hybridized carbons (Fsp3) is 1.00. The summed E-state index contributed by atoms with van der Waals surface area (Å²) >= 11 is 0. The van der Waals surface area contributed by atoms with Gasteiger partial charge in [-0.25, -0.2) is 8.42 Å². The van der Waals surface area contributed by atoms with Crippen LogP contribution >= 0.6 is 0 Å². The molecule has 0 bridgehead atoms. The second-order valence-electron chi connectivity index (χ2n) is 5.30. The average molecular weight is 279 g/mol. The van der Waals surface area contributed by atoms with Gasteiger partial charge in [-0.05, 0) is 20.3 Å². The zero-order valence-electron chi connectivity index (χ0n) is 11.6. The van der Waals surface area contributed by atoms with E-state index in [-0.39, 0.29) is 23.2 Å². The van der Waals surface area contributed by atoms with Gasteiger partial charge < -0.3 is 14.8 Å². The molecule has 0 amide bonds. The van der Waals surface area contributed by atoms with Crippen molar-refractivity contribution in [2.45, 2.75) is 38.9 Å². The third-order valence-corrected chi connectivity index (χ3v) is 4.69. The Hall–Kier alpha value is -0.170. The van der Waals surface area contributed by atoms with Crippen LogP contribution in [0.3, 0.4) is 0 Å². The van der Waals surface area contributed by atoms with Crippen LogP contribution in [0.2, 0.25) is 0 Å². The molecule has 1 saturated heterocycles. The summed E-state index contributed by atoms with van der Waals surface area (Å²) in [6.45, 7) is 8.37. The maximum Gasteiger partial charge on any atom is 0.150 e. The molecule has 1 unspecified atom stereocenters. The van der Waals surface area contributed by atoms with Crippen molar-refractivity contribution in [1.82, 2.24) is 5.32 Å². The van der Waals surface area contributed by atoms with Crippen molar-refractivity contribution in [1.29, 1.82) is 0 Å². The van der Waals surface area contributed by atoms with Crippen LogP contribution in [0.4, 0.5) is 0 Å². The minimum Gasteiger partial charge on any atom is -0.379 e. The standard InChI is InChI=1S/C12H25NO4S/c1-4-18(14,15)7-5-6-16-9-11-8-13-10-12(2,3)17-11/h11,13H,4-10H2,1-3H3. The van der Waals surface area contributed by atoms with Gasteiger partial charge in [0, 0.05) is 25.4 Å². The minimum atomic E-state index is -2.87. The van der Waals surface area contributed by atoms with E-state index >= 15 is 0 Å². The van der Waals surface area contributed by atoms with Crippen LogP contribution in [-0.4, -0.2) is 57.9 Å². The molecule has 1 aliphatic heterocycles. The minimum absolute atomic E-state index is 0.0523. The zero-order chi connectivity index (χ0) is 13.6. The number of rotatable bonds is 7. The van der Waals surface area contributed by atoms with Gasteiger partial charge in [-0.3, -0.25) is 0 Å². The normalized spacial score (nSPS) is 24.1. The fourth-order valence-electron chi connectivity index (χ4n) is 1.90. The Morgan fingerprint density at radius 2 is 2.17 bits per heavy atom. The van der Waals surface area contributed by atoms with Crippen LogP contribution in [0.25, 0.3) is 0 Å². The molecule has 0 saturated carbocycles. The molecule has 0 radical (unpaired) electrons. The van der Waals surface area contributed by atoms with Gasteiger partial charge in [-0.2, -0.15) is 0 Å². The van der Waals surface area contributed by atoms with Gasteiger partial charge in [-0.15, -0.1) is 0 Å². The number of nitrogens with one attached hydrogen (secondary N) is 1. The highest BCUT2D eigenvalue weighted by Gasteiger charge is 2.28. The van der Waals surface area contributed by atoms with Gasteiger partial charge in [0.2, 0.25) is 0 Å². The summed E-state index contributed by atoms with van der Waals surface area (Å²) < 4.78 is 33.8. The summed E-state index contributed by atoms with van der Waals surface area (Å²) in [4.78, 5) is 0. The molecule has 1 rings (SSSR count). The highest BCUT2D eigenvalue weighted by molar-refractivity contribution is 7.91. The Morgan fingerprint density at radius 1 is 1.44 bits per heavy atom. The van der Waals surface area contributed by atoms with E-state index in [4.69, 9.17) is 9.47 Å². The monoisotopic (exact) mass is 279 g/mol. The molecule has 6 heteroatoms. The van der Waals surface area contributed by atoms with Crippen LogP contribution in [0, 0.1) is 0 Å². The summed E-state index contributed by atoms with van der Waals surface area (Å²) in [5, 5.41) is 3.30. The summed E-state index contributed by atoms with van der Waals surface area (Å²) in [6, 6.07) is 0. The lowest BCUT2D eigenvalue weighted by molar-refractivity contribution is -0.120. The van der Waals surface area contributed by atoms with Crippen LogP contribution in [-0.2, 0) is 19.3 Å². The molecular weight excluding hydrogens is 254 g/mol. The van der Waals surface area contributed by atoms with Crippen molar-refractivity contribution in [3.05, 3.63) is 0 Å². The highest BCUT2D eigenvalue weighted by atomic mass is 32.2. The molecule has 1 atom stereocenters. The lowest BCUT2D eigenvalue weighted by Crippen LogP contribution is -2.51. The molecule has 1 fully saturated rings. The molecule has 0 aromatic heterocycles. The predicted molar refractivity (Wildman–Crippen MR) is 71.6 cm³/mol. The largest absolute Gasteiger partial charge is 0.379 e. The Balaban J connectivity index is 2.11. The molecule has 5 nitrogen and oxygen atoms in total. The van der Waals surface area contributed by atoms with E-state index < -0.39 is 9.84 Å². The topological polar surface area (TPSA) is 64.6 Å². The Kier molecular flexibility index (Phi) is 6.04. The third-order valence-electron chi connectivity index (χ3n) is 2.90. The second kappa shape index (κ2) is 6.84. The van der Waals surface area contributed by atoms with Crippen LogP contribution in [0.15, 0.2) is 0 Å². The van der Waals surface area contributed by atoms with Crippen molar-refractivity contribution < 1.29 is 17.9 Å². The molecule has 0 aliphatic carbocycles. The van der Waals surface area contributed by atoms with E-state index in [0.29, 0.717) is 19.6 Å². The highest BCUT2D eigenvalue weighted by Crippen LogP contribution is 2.15. The fourth-order valence-corrected chi connectivity index (χ4v) is 2.75. The van der Waals surface area contributed by atoms with Gasteiger partial charge in [-0.1, -0.05) is 6.92 Å². The van der Waals surface area contributed by atoms with Gasteiger partial charge in [0.1, 0.15) is 9.84 Å². The first kappa shape index (κ1) is 15.9. The number of hydrogen-bond donors (Lipinski definition) is 1. The van der Waals surface area contributed by atoms with Gasteiger partial charge in [0.05, 0.1) is 24.1 Å². The van der Waals surface area contributed by atoms with Gasteiger partial charge in [0.15, 0.2) is 0 Å². The maximum absolute atomic E-state index is 11.3. The van der Waals surface area contributed by atoms with Crippen molar-refractivity contribution in [3.8, 4) is 0 Å². The smallest absolute Gasteiger partial charge is 0.150 e. The Morgan fingerprint density at radius 3 is 2.78 bits per heavy atom. The van der Waals surface area contributed by atoms with Crippen molar-refractivity contribution >= 4 is 9.84 Å². The predicted octanol–water partition coefficient (Wildman–Crippen LogP) is 0.595. The lowest BCUT2D eigenvalue weighted by Gasteiger charge is -2.36. The number of ether oxygens (including phenoxy) is 2. The summed E-state index contributed by atoms with van der Waals surface area (Å²) in [5.74, 6) is 0.412. The average Bonchev–Trinajstić information content (AvgIpc) is 2.27. The van der Waals surface area contributed by atoms with E-state index in [1.165, 1.54) is 0 Å². The van der Waals surface area contributed by atoms with Crippen molar-refractivity contribution in [2.24, 2.45) is 0 Å². The van der Waals surface area contributed by atoms with Crippen LogP contribution < -0.4 is 5.32 Å². The van der Waals surface area contributed by atoms with E-state index in [1.54, 1.807) is 6.92 Å². The van der Waals surface area contributed by atoms with Crippen LogP contribution in [0.1, 0.15) is 27.2 Å². The number of morpholine rings is 1. The Labute approximate surface area is 110 Å². The quantitative estimate of drug-likeness (QED) is 0.691. The van der Waals surface area contributed by atoms with E-state index in [1.807, 2.05) is 13.8 Å². The first-order valence-corrected chi connectivity index (χ1v) is 8.33. The van der Waals surface area contributed by atoms with E-state index in [2.05, 4.69) is 5.32 Å². The summed E-state index contributed by atoms with van der Waals surface area (Å²) in [5.41, 5.74) is -0.155. The second-order valence-corrected chi connectivity index (χ2v) is 7.77. The molecule has 0 spiro atoms. The summed E-state index contributed by atoms with van der Waals surface area (Å²) in [6.07, 6.45) is 0.608. The van der Waals surface area contributed by atoms with Gasteiger partial charge in [0.25, 0.3) is 0 Å². The SMILES string of the molecule is CCS(=O)(=O)CCCOCC1CNCC(C)(C)O1. The van der Waals surface area contributed by atoms with E-state index in [9.17, 15) is 8.42 Å². The molecular formula is C12H25NO4S. The molecule has 0 aromatic carbocycles. The lowest BCUT2D eigenvalue weighted by atomic mass is 10.1. The molecule has 1 aliphatic rings. The molecule has 18 heavy (non-hydrogen) atoms. The van der Waals surface area contributed by atoms with E-state index in [0.717, 1.165) is 13.1 Å². The summed E-state index contributed by atoms with van der Waals surface area (Å²) in [7, 11) is -2.87.